The summed E-state index contributed by atoms with van der Waals surface area (Å²) in [7, 11) is 2.74. The van der Waals surface area contributed by atoms with E-state index in [1.807, 2.05) is 0 Å². The fourth-order valence-electron chi connectivity index (χ4n) is 4.07. The predicted octanol–water partition coefficient (Wildman–Crippen LogP) is -2.08. The van der Waals surface area contributed by atoms with Crippen LogP contribution >= 0.6 is 34.9 Å². The molecule has 10 N–H and O–H groups in total. The van der Waals surface area contributed by atoms with Crippen LogP contribution in [0.5, 0.6) is 0 Å². The number of nitrogen functional groups attached to an aromatic ring is 1. The number of hydrogen-bond donors (Lipinski definition) is 7. The minimum Gasteiger partial charge on any atom is -0.480 e. The van der Waals surface area contributed by atoms with E-state index < -0.39 is 52.3 Å². The molecule has 2 amide bonds. The van der Waals surface area contributed by atoms with Crippen LogP contribution in [0.2, 0.25) is 0 Å². The van der Waals surface area contributed by atoms with Crippen LogP contribution in [0, 0.1) is 0 Å². The van der Waals surface area contributed by atoms with Crippen LogP contribution in [0.25, 0.3) is 0 Å². The molecule has 19 nitrogen and oxygen atoms in total. The third-order valence-electron chi connectivity index (χ3n) is 6.31. The molecule has 3 atom stereocenters. The number of aromatic amines is 1. The van der Waals surface area contributed by atoms with Crippen LogP contribution in [0.3, 0.4) is 0 Å². The van der Waals surface area contributed by atoms with Gasteiger partial charge in [-0.15, -0.1) is 23.1 Å². The van der Waals surface area contributed by atoms with E-state index in [0.717, 1.165) is 40.8 Å². The molecule has 0 radical (unpaired) electrons. The number of nitrogens with zero attached hydrogens (tertiary/aromatic N) is 5. The molecular weight excluding hydrogens is 669 g/mol. The fraction of sp³-hybridized carbons (Fsp3) is 0.458. The Morgan fingerprint density at radius 2 is 1.98 bits per heavy atom. The van der Waals surface area contributed by atoms with Crippen molar-refractivity contribution in [3.63, 3.8) is 0 Å². The van der Waals surface area contributed by atoms with Gasteiger partial charge in [0.2, 0.25) is 0 Å². The Balaban J connectivity index is 0.000000498. The molecule has 0 unspecified atom stereocenters. The zero-order chi connectivity index (χ0) is 34.1. The third-order valence-corrected chi connectivity index (χ3v) is 9.44. The van der Waals surface area contributed by atoms with Crippen molar-refractivity contribution in [2.24, 2.45) is 23.7 Å². The molecule has 2 aliphatic rings. The average Bonchev–Trinajstić information content (AvgIpc) is 3.44. The Kier molecular flexibility index (Phi) is 12.9. The lowest BCUT2D eigenvalue weighted by atomic mass is 10.0. The van der Waals surface area contributed by atoms with Crippen molar-refractivity contribution in [1.29, 1.82) is 0 Å². The number of carboxylic acid groups (broad SMARTS) is 2. The van der Waals surface area contributed by atoms with Crippen LogP contribution < -0.4 is 33.6 Å². The normalized spacial score (nSPS) is 18.1. The van der Waals surface area contributed by atoms with Crippen LogP contribution in [-0.4, -0.2) is 107 Å². The Hall–Kier alpha value is -4.25. The van der Waals surface area contributed by atoms with Gasteiger partial charge in [-0.1, -0.05) is 23.3 Å². The van der Waals surface area contributed by atoms with Crippen molar-refractivity contribution < 1.29 is 34.2 Å². The number of nitrogens with one attached hydrogen (secondary N) is 2. The van der Waals surface area contributed by atoms with Gasteiger partial charge >= 0.3 is 23.1 Å². The molecule has 250 valence electrons. The standard InChI is InChI=1S/C18H18N8O7S3.C6H14N2O2/c1-25-18(22-12(28)13(29)23-25)36-4-6-3-34-15-9(14(30)26(15)10(6)16(31)32)21-11(27)8(24-33-2)7-5-35-17(19)20-7;7-4-2-1-3-5(8)6(9)10/h5,9,15H,3-4H2,1-2H3,(H2,19,20)(H,21,27)(H,23,29)(H,31,32);5H,1-4,7-8H2,(H,9,10)/b24-8+;/t9-,15-;5-/m10/s1. The summed E-state index contributed by atoms with van der Waals surface area (Å²) in [5.41, 5.74) is 14.4. The molecule has 0 aromatic carbocycles. The Morgan fingerprint density at radius 3 is 2.57 bits per heavy atom. The predicted molar refractivity (Wildman–Crippen MR) is 169 cm³/mol. The first-order valence-electron chi connectivity index (χ1n) is 13.3. The highest BCUT2D eigenvalue weighted by Crippen LogP contribution is 2.41. The van der Waals surface area contributed by atoms with Gasteiger partial charge < -0.3 is 37.6 Å². The second-order valence-corrected chi connectivity index (χ2v) is 12.5. The van der Waals surface area contributed by atoms with E-state index in [2.05, 4.69) is 25.5 Å². The SMILES string of the molecule is CO/N=C(/C(=O)N[C@@H]1C(=O)N2C(C(=O)O)=C(CSc3nc(=O)c(=O)[nH]n3C)CS[C@H]12)c1csc(N)n1.NCCCC[C@H](N)C(=O)O. The molecule has 4 rings (SSSR count). The van der Waals surface area contributed by atoms with Gasteiger partial charge in [-0.25, -0.2) is 9.78 Å². The van der Waals surface area contributed by atoms with Gasteiger partial charge in [0.05, 0.1) is 0 Å². The highest BCUT2D eigenvalue weighted by Gasteiger charge is 2.54. The van der Waals surface area contributed by atoms with Gasteiger partial charge in [0, 0.05) is 23.9 Å². The van der Waals surface area contributed by atoms with Crippen molar-refractivity contribution in [2.75, 3.05) is 30.9 Å². The molecule has 1 fully saturated rings. The minimum absolute atomic E-state index is 0.102. The number of carbonyl (C=O) groups excluding carboxylic acids is 2. The topological polar surface area (TPSA) is 304 Å². The van der Waals surface area contributed by atoms with E-state index in [1.165, 1.54) is 36.0 Å². The van der Waals surface area contributed by atoms with Crippen molar-refractivity contribution in [3.05, 3.63) is 43.1 Å². The summed E-state index contributed by atoms with van der Waals surface area (Å²) in [5, 5.41) is 28.0. The summed E-state index contributed by atoms with van der Waals surface area (Å²) >= 11 is 3.41. The van der Waals surface area contributed by atoms with Crippen LogP contribution in [0.15, 0.2) is 36.6 Å². The number of thioether (sulfide) groups is 2. The number of unbranched alkanes of at least 4 members (excludes halogenated alkanes) is 1. The fourth-order valence-corrected chi connectivity index (χ4v) is 7.02. The first-order valence-corrected chi connectivity index (χ1v) is 16.2. The van der Waals surface area contributed by atoms with Gasteiger partial charge in [-0.3, -0.25) is 38.7 Å². The zero-order valence-electron chi connectivity index (χ0n) is 24.5. The maximum absolute atomic E-state index is 12.9. The summed E-state index contributed by atoms with van der Waals surface area (Å²) in [6.45, 7) is 0.604. The molecule has 2 aromatic heterocycles. The van der Waals surface area contributed by atoms with Crippen LogP contribution in [0.1, 0.15) is 25.0 Å². The Morgan fingerprint density at radius 1 is 1.26 bits per heavy atom. The number of oxime groups is 1. The summed E-state index contributed by atoms with van der Waals surface area (Å²) in [5.74, 6) is -3.23. The molecule has 0 bridgehead atoms. The van der Waals surface area contributed by atoms with E-state index >= 15 is 0 Å². The lowest BCUT2D eigenvalue weighted by Crippen LogP contribution is -2.71. The van der Waals surface area contributed by atoms with E-state index in [0.29, 0.717) is 18.5 Å². The van der Waals surface area contributed by atoms with Gasteiger partial charge in [0.1, 0.15) is 36.0 Å². The summed E-state index contributed by atoms with van der Waals surface area (Å²) in [6.07, 6.45) is 2.16. The van der Waals surface area contributed by atoms with Crippen molar-refractivity contribution >= 4 is 69.5 Å². The van der Waals surface area contributed by atoms with Gasteiger partial charge in [-0.2, -0.15) is 4.98 Å². The molecule has 0 spiro atoms. The number of aromatic nitrogens is 4. The number of nitrogens with two attached hydrogens (primary N) is 3. The van der Waals surface area contributed by atoms with E-state index in [9.17, 15) is 33.9 Å². The van der Waals surface area contributed by atoms with Crippen molar-refractivity contribution in [1.82, 2.24) is 30.0 Å². The van der Waals surface area contributed by atoms with Gasteiger partial charge in [-0.05, 0) is 25.0 Å². The number of aliphatic carboxylic acids is 2. The number of carboxylic acids is 2. The Labute approximate surface area is 272 Å². The quantitative estimate of drug-likeness (QED) is 0.0294. The van der Waals surface area contributed by atoms with Gasteiger partial charge in [0.25, 0.3) is 11.8 Å². The number of H-pyrrole nitrogens is 1. The average molecular weight is 701 g/mol. The number of carbonyl (C=O) groups is 4. The number of β-lactam (4-membered cyclic amide) rings is 1. The van der Waals surface area contributed by atoms with Crippen LogP contribution in [0.4, 0.5) is 5.13 Å². The molecule has 4 heterocycles. The molecule has 1 saturated heterocycles. The monoisotopic (exact) mass is 700 g/mol. The lowest BCUT2D eigenvalue weighted by molar-refractivity contribution is -0.150. The highest BCUT2D eigenvalue weighted by atomic mass is 32.2. The van der Waals surface area contributed by atoms with E-state index in [1.54, 1.807) is 0 Å². The molecule has 0 saturated carbocycles. The maximum atomic E-state index is 12.9. The zero-order valence-corrected chi connectivity index (χ0v) is 26.9. The highest BCUT2D eigenvalue weighted by molar-refractivity contribution is 8.01. The molecule has 0 aliphatic carbocycles. The third kappa shape index (κ3) is 8.72. The maximum Gasteiger partial charge on any atom is 0.352 e. The summed E-state index contributed by atoms with van der Waals surface area (Å²) < 4.78 is 1.25. The number of hydrogen-bond acceptors (Lipinski definition) is 16. The summed E-state index contributed by atoms with van der Waals surface area (Å²) in [4.78, 5) is 84.4. The second kappa shape index (κ2) is 16.4. The number of amides is 2. The molecule has 2 aliphatic heterocycles. The Bertz CT molecular complexity index is 1650. The number of rotatable bonds is 13. The molecule has 46 heavy (non-hydrogen) atoms. The second-order valence-electron chi connectivity index (χ2n) is 9.53. The smallest absolute Gasteiger partial charge is 0.352 e. The largest absolute Gasteiger partial charge is 0.480 e. The number of thiazole rings is 1. The number of anilines is 1. The minimum atomic E-state index is -1.31. The van der Waals surface area contributed by atoms with E-state index in [-0.39, 0.29) is 38.9 Å². The molecular formula is C24H32N10O9S3. The first-order chi connectivity index (χ1) is 21.8. The molecule has 22 heteroatoms. The van der Waals surface area contributed by atoms with Gasteiger partial charge in [0.15, 0.2) is 16.0 Å². The summed E-state index contributed by atoms with van der Waals surface area (Å²) in [6, 6.07) is -1.71. The number of fused-ring (bicyclic) bond motifs is 1. The van der Waals surface area contributed by atoms with E-state index in [4.69, 9.17) is 27.1 Å². The number of aryl methyl sites for hydroxylation is 1. The first kappa shape index (κ1) is 36.2. The molecule has 2 aromatic rings. The van der Waals surface area contributed by atoms with Crippen LogP contribution in [-0.2, 0) is 31.1 Å². The van der Waals surface area contributed by atoms with Crippen molar-refractivity contribution in [3.8, 4) is 0 Å². The van der Waals surface area contributed by atoms with Crippen molar-refractivity contribution in [2.45, 2.75) is 41.9 Å². The lowest BCUT2D eigenvalue weighted by Gasteiger charge is -2.49.